The van der Waals surface area contributed by atoms with Crippen molar-refractivity contribution in [3.8, 4) is 17.2 Å². The van der Waals surface area contributed by atoms with E-state index in [0.29, 0.717) is 24.1 Å². The minimum Gasteiger partial charge on any atom is -0.399 e. The molecule has 2 aromatic carbocycles. The lowest BCUT2D eigenvalue weighted by Crippen LogP contribution is -2.37. The van der Waals surface area contributed by atoms with E-state index in [0.717, 1.165) is 22.4 Å². The SMILES string of the molecule is CON=C1CC(CO)N(C(=O)c2ccc(-c3cc(C#N)ccc3C)cc2)C1. The summed E-state index contributed by atoms with van der Waals surface area (Å²) < 4.78 is 0. The van der Waals surface area contributed by atoms with Crippen molar-refractivity contribution in [1.29, 1.82) is 5.26 Å². The van der Waals surface area contributed by atoms with Crippen LogP contribution in [0.3, 0.4) is 0 Å². The van der Waals surface area contributed by atoms with Gasteiger partial charge < -0.3 is 14.8 Å². The second-order valence-corrected chi connectivity index (χ2v) is 6.53. The van der Waals surface area contributed by atoms with Gasteiger partial charge in [0.1, 0.15) is 7.11 Å². The quantitative estimate of drug-likeness (QED) is 0.847. The molecule has 1 saturated heterocycles. The van der Waals surface area contributed by atoms with Gasteiger partial charge in [-0.1, -0.05) is 23.4 Å². The minimum absolute atomic E-state index is 0.118. The first-order valence-corrected chi connectivity index (χ1v) is 8.69. The van der Waals surface area contributed by atoms with Crippen molar-refractivity contribution in [3.05, 3.63) is 59.2 Å². The standard InChI is InChI=1S/C21H21N3O3/c1-14-3-4-15(11-22)9-20(14)16-5-7-17(8-6-16)21(26)24-12-18(23-27-2)10-19(24)13-25/h3-9,19,25H,10,12-13H2,1-2H3. The van der Waals surface area contributed by atoms with E-state index < -0.39 is 0 Å². The van der Waals surface area contributed by atoms with Gasteiger partial charge in [0, 0.05) is 12.0 Å². The van der Waals surface area contributed by atoms with Gasteiger partial charge in [-0.25, -0.2) is 0 Å². The molecule has 0 radical (unpaired) electrons. The lowest BCUT2D eigenvalue weighted by atomic mass is 9.97. The molecule has 0 bridgehead atoms. The Morgan fingerprint density at radius 1 is 1.33 bits per heavy atom. The van der Waals surface area contributed by atoms with Crippen LogP contribution in [0.2, 0.25) is 0 Å². The van der Waals surface area contributed by atoms with E-state index in [4.69, 9.17) is 10.1 Å². The fourth-order valence-electron chi connectivity index (χ4n) is 3.33. The zero-order chi connectivity index (χ0) is 19.4. The maximum atomic E-state index is 12.9. The molecule has 6 nitrogen and oxygen atoms in total. The number of nitrogens with zero attached hydrogens (tertiary/aromatic N) is 3. The maximum absolute atomic E-state index is 12.9. The van der Waals surface area contributed by atoms with Crippen molar-refractivity contribution < 1.29 is 14.7 Å². The second-order valence-electron chi connectivity index (χ2n) is 6.53. The van der Waals surface area contributed by atoms with Gasteiger partial charge in [-0.15, -0.1) is 0 Å². The molecule has 1 fully saturated rings. The molecule has 1 N–H and O–H groups in total. The molecule has 0 aliphatic carbocycles. The number of likely N-dealkylation sites (tertiary alicyclic amines) is 1. The summed E-state index contributed by atoms with van der Waals surface area (Å²) in [5, 5.41) is 22.6. The Morgan fingerprint density at radius 3 is 2.70 bits per heavy atom. The van der Waals surface area contributed by atoms with Crippen molar-refractivity contribution in [2.45, 2.75) is 19.4 Å². The number of oxime groups is 1. The molecule has 0 saturated carbocycles. The summed E-state index contributed by atoms with van der Waals surface area (Å²) >= 11 is 0. The summed E-state index contributed by atoms with van der Waals surface area (Å²) in [5.41, 5.74) is 4.87. The van der Waals surface area contributed by atoms with Crippen LogP contribution in [-0.4, -0.2) is 47.9 Å². The number of hydrogen-bond acceptors (Lipinski definition) is 5. The summed E-state index contributed by atoms with van der Waals surface area (Å²) in [7, 11) is 1.47. The number of aryl methyl sites for hydroxylation is 1. The third-order valence-corrected chi connectivity index (χ3v) is 4.77. The fraction of sp³-hybridized carbons (Fsp3) is 0.286. The molecule has 6 heteroatoms. The Hall–Kier alpha value is -3.17. The summed E-state index contributed by atoms with van der Waals surface area (Å²) in [4.78, 5) is 19.3. The number of carbonyl (C=O) groups excluding carboxylic acids is 1. The van der Waals surface area contributed by atoms with Crippen LogP contribution in [0.4, 0.5) is 0 Å². The van der Waals surface area contributed by atoms with Gasteiger partial charge in [0.15, 0.2) is 0 Å². The van der Waals surface area contributed by atoms with Crippen LogP contribution in [0.5, 0.6) is 0 Å². The molecule has 2 aromatic rings. The Kier molecular flexibility index (Phi) is 5.53. The Morgan fingerprint density at radius 2 is 2.07 bits per heavy atom. The van der Waals surface area contributed by atoms with Crippen molar-refractivity contribution >= 4 is 11.6 Å². The van der Waals surface area contributed by atoms with Crippen LogP contribution in [0.1, 0.15) is 27.9 Å². The molecule has 3 rings (SSSR count). The van der Waals surface area contributed by atoms with Crippen LogP contribution in [-0.2, 0) is 4.84 Å². The zero-order valence-electron chi connectivity index (χ0n) is 15.3. The Bertz CT molecular complexity index is 913. The Labute approximate surface area is 158 Å². The number of aliphatic hydroxyl groups is 1. The van der Waals surface area contributed by atoms with Gasteiger partial charge in [-0.2, -0.15) is 5.26 Å². The van der Waals surface area contributed by atoms with E-state index >= 15 is 0 Å². The third kappa shape index (κ3) is 3.83. The Balaban J connectivity index is 1.84. The molecule has 1 aliphatic heterocycles. The van der Waals surface area contributed by atoms with Crippen LogP contribution >= 0.6 is 0 Å². The number of carbonyl (C=O) groups is 1. The number of benzene rings is 2. The van der Waals surface area contributed by atoms with E-state index in [1.165, 1.54) is 7.11 Å². The van der Waals surface area contributed by atoms with Crippen molar-refractivity contribution in [3.63, 3.8) is 0 Å². The topological polar surface area (TPSA) is 85.9 Å². The lowest BCUT2D eigenvalue weighted by molar-refractivity contribution is 0.0680. The number of nitriles is 1. The number of aliphatic hydroxyl groups excluding tert-OH is 1. The number of rotatable bonds is 4. The monoisotopic (exact) mass is 363 g/mol. The third-order valence-electron chi connectivity index (χ3n) is 4.77. The first-order chi connectivity index (χ1) is 13.1. The van der Waals surface area contributed by atoms with Crippen LogP contribution in [0.25, 0.3) is 11.1 Å². The molecular formula is C21H21N3O3. The number of amides is 1. The van der Waals surface area contributed by atoms with Gasteiger partial charge in [-0.05, 0) is 47.9 Å². The summed E-state index contributed by atoms with van der Waals surface area (Å²) in [6.45, 7) is 2.22. The summed E-state index contributed by atoms with van der Waals surface area (Å²) in [6.07, 6.45) is 0.508. The van der Waals surface area contributed by atoms with E-state index in [-0.39, 0.29) is 18.6 Å². The molecule has 138 valence electrons. The number of hydrogen-bond donors (Lipinski definition) is 1. The normalized spacial score (nSPS) is 17.8. The maximum Gasteiger partial charge on any atom is 0.254 e. The minimum atomic E-state index is -0.291. The first-order valence-electron chi connectivity index (χ1n) is 8.69. The molecule has 1 heterocycles. The summed E-state index contributed by atoms with van der Waals surface area (Å²) in [5.74, 6) is -0.149. The highest BCUT2D eigenvalue weighted by Crippen LogP contribution is 2.26. The molecule has 0 aromatic heterocycles. The average molecular weight is 363 g/mol. The highest BCUT2D eigenvalue weighted by Gasteiger charge is 2.33. The first kappa shape index (κ1) is 18.6. The highest BCUT2D eigenvalue weighted by atomic mass is 16.6. The molecule has 0 spiro atoms. The van der Waals surface area contributed by atoms with Gasteiger partial charge in [0.05, 0.1) is 36.5 Å². The zero-order valence-corrected chi connectivity index (χ0v) is 15.3. The largest absolute Gasteiger partial charge is 0.399 e. The molecule has 1 unspecified atom stereocenters. The van der Waals surface area contributed by atoms with E-state index in [1.807, 2.05) is 31.2 Å². The van der Waals surface area contributed by atoms with Crippen LogP contribution < -0.4 is 0 Å². The van der Waals surface area contributed by atoms with E-state index in [9.17, 15) is 9.90 Å². The van der Waals surface area contributed by atoms with E-state index in [1.54, 1.807) is 23.1 Å². The molecule has 1 atom stereocenters. The van der Waals surface area contributed by atoms with Crippen molar-refractivity contribution in [1.82, 2.24) is 4.90 Å². The van der Waals surface area contributed by atoms with Gasteiger partial charge in [0.25, 0.3) is 5.91 Å². The smallest absolute Gasteiger partial charge is 0.254 e. The molecule has 1 aliphatic rings. The van der Waals surface area contributed by atoms with Crippen molar-refractivity contribution in [2.24, 2.45) is 5.16 Å². The fourth-order valence-corrected chi connectivity index (χ4v) is 3.33. The lowest BCUT2D eigenvalue weighted by Gasteiger charge is -2.22. The van der Waals surface area contributed by atoms with Gasteiger partial charge >= 0.3 is 0 Å². The van der Waals surface area contributed by atoms with E-state index in [2.05, 4.69) is 11.2 Å². The average Bonchev–Trinajstić information content (AvgIpc) is 3.11. The van der Waals surface area contributed by atoms with Gasteiger partial charge in [-0.3, -0.25) is 4.79 Å². The highest BCUT2D eigenvalue weighted by molar-refractivity contribution is 6.00. The van der Waals surface area contributed by atoms with Crippen LogP contribution in [0, 0.1) is 18.3 Å². The molecule has 27 heavy (non-hydrogen) atoms. The molecular weight excluding hydrogens is 342 g/mol. The van der Waals surface area contributed by atoms with Crippen molar-refractivity contribution in [2.75, 3.05) is 20.3 Å². The summed E-state index contributed by atoms with van der Waals surface area (Å²) in [6, 6.07) is 14.7. The predicted molar refractivity (Wildman–Crippen MR) is 102 cm³/mol. The van der Waals surface area contributed by atoms with Gasteiger partial charge in [0.2, 0.25) is 0 Å². The molecule has 1 amide bonds. The van der Waals surface area contributed by atoms with Crippen LogP contribution in [0.15, 0.2) is 47.6 Å². The second kappa shape index (κ2) is 8.02. The predicted octanol–water partition coefficient (Wildman–Crippen LogP) is 2.74.